The summed E-state index contributed by atoms with van der Waals surface area (Å²) in [6.07, 6.45) is 0.890. The van der Waals surface area contributed by atoms with Gasteiger partial charge in [-0.2, -0.15) is 0 Å². The number of allylic oxidation sites excluding steroid dienone is 2. The molecule has 1 aliphatic heterocycles. The highest BCUT2D eigenvalue weighted by Crippen LogP contribution is 2.47. The fraction of sp³-hybridized carbons (Fsp3) is 0.233. The van der Waals surface area contributed by atoms with Crippen LogP contribution in [-0.2, 0) is 9.59 Å². The van der Waals surface area contributed by atoms with E-state index in [1.165, 1.54) is 6.07 Å². The van der Waals surface area contributed by atoms with Crippen LogP contribution in [-0.4, -0.2) is 24.5 Å². The topological polar surface area (TPSA) is 67.8 Å². The fourth-order valence-corrected chi connectivity index (χ4v) is 5.33. The second-order valence-electron chi connectivity index (χ2n) is 9.39. The van der Waals surface area contributed by atoms with Crippen molar-refractivity contribution in [3.8, 4) is 5.75 Å². The van der Waals surface area contributed by atoms with Gasteiger partial charge in [0, 0.05) is 35.4 Å². The number of hydrogen-bond acceptors (Lipinski definition) is 4. The molecule has 0 saturated carbocycles. The number of benzene rings is 3. The number of halogens is 2. The zero-order chi connectivity index (χ0) is 26.1. The van der Waals surface area contributed by atoms with E-state index in [1.54, 1.807) is 26.2 Å². The first-order valence-corrected chi connectivity index (χ1v) is 12.1. The highest BCUT2D eigenvalue weighted by molar-refractivity contribution is 6.13. The average molecular weight is 501 g/mol. The maximum absolute atomic E-state index is 14.4. The molecule has 3 aromatic rings. The number of rotatable bonds is 5. The van der Waals surface area contributed by atoms with E-state index in [0.29, 0.717) is 41.6 Å². The number of carbonyl (C=O) groups is 2. The number of amides is 1. The summed E-state index contributed by atoms with van der Waals surface area (Å²) in [5.74, 6) is -3.00. The predicted molar refractivity (Wildman–Crippen MR) is 138 cm³/mol. The van der Waals surface area contributed by atoms with Crippen LogP contribution in [0.4, 0.5) is 14.5 Å². The summed E-state index contributed by atoms with van der Waals surface area (Å²) >= 11 is 0. The van der Waals surface area contributed by atoms with Gasteiger partial charge in [-0.15, -0.1) is 0 Å². The molecule has 1 heterocycles. The van der Waals surface area contributed by atoms with Crippen molar-refractivity contribution in [1.29, 1.82) is 0 Å². The molecule has 5 rings (SSSR count). The molecule has 0 fully saturated rings. The molecule has 188 valence electrons. The van der Waals surface area contributed by atoms with Gasteiger partial charge in [0.25, 0.3) is 0 Å². The van der Waals surface area contributed by atoms with Crippen molar-refractivity contribution in [3.05, 3.63) is 107 Å². The molecular weight excluding hydrogens is 474 g/mol. The molecule has 1 aliphatic carbocycles. The first-order valence-electron chi connectivity index (χ1n) is 12.1. The number of methoxy groups -OCH3 is 1. The molecule has 0 bridgehead atoms. The Bertz CT molecular complexity index is 1410. The molecule has 0 saturated heterocycles. The van der Waals surface area contributed by atoms with Crippen LogP contribution < -0.4 is 10.1 Å². The van der Waals surface area contributed by atoms with Gasteiger partial charge in [-0.1, -0.05) is 42.5 Å². The van der Waals surface area contributed by atoms with Gasteiger partial charge < -0.3 is 10.1 Å². The maximum atomic E-state index is 14.4. The number of aliphatic imine (C=N–C) groups is 1. The number of nitrogens with one attached hydrogen (secondary N) is 1. The molecule has 37 heavy (non-hydrogen) atoms. The van der Waals surface area contributed by atoms with E-state index in [2.05, 4.69) is 5.32 Å². The molecule has 0 spiro atoms. The van der Waals surface area contributed by atoms with Gasteiger partial charge in [-0.3, -0.25) is 14.6 Å². The van der Waals surface area contributed by atoms with E-state index in [4.69, 9.17) is 9.73 Å². The van der Waals surface area contributed by atoms with Gasteiger partial charge in [-0.25, -0.2) is 8.78 Å². The standard InChI is InChI=1S/C30H26F2N2O3/c1-17-27(30(36)34-24-13-10-21(31)16-23(24)32)28(19-8-11-22(37-2)12-9-19)29-25(33-17)14-20(15-26(29)35)18-6-4-3-5-7-18/h3-13,16,20,27-28H,14-15H2,1-2H3,(H,34,36)/t20-,27?,28+/m0/s1. The summed E-state index contributed by atoms with van der Waals surface area (Å²) in [4.78, 5) is 32.0. The van der Waals surface area contributed by atoms with Crippen molar-refractivity contribution < 1.29 is 23.1 Å². The van der Waals surface area contributed by atoms with Crippen LogP contribution in [0.15, 0.2) is 89.1 Å². The Labute approximate surface area is 213 Å². The Kier molecular flexibility index (Phi) is 6.70. The van der Waals surface area contributed by atoms with Crippen LogP contribution in [0.25, 0.3) is 0 Å². The van der Waals surface area contributed by atoms with Crippen LogP contribution in [0.1, 0.15) is 42.7 Å². The van der Waals surface area contributed by atoms with Crippen LogP contribution in [0.2, 0.25) is 0 Å². The Morgan fingerprint density at radius 2 is 1.70 bits per heavy atom. The van der Waals surface area contributed by atoms with E-state index < -0.39 is 29.4 Å². The number of hydrogen-bond donors (Lipinski definition) is 1. The van der Waals surface area contributed by atoms with Crippen LogP contribution in [0, 0.1) is 17.6 Å². The Hall–Kier alpha value is -4.13. The number of ether oxygens (including phenoxy) is 1. The van der Waals surface area contributed by atoms with Crippen molar-refractivity contribution in [1.82, 2.24) is 0 Å². The van der Waals surface area contributed by atoms with Gasteiger partial charge >= 0.3 is 0 Å². The largest absolute Gasteiger partial charge is 0.497 e. The Balaban J connectivity index is 1.56. The van der Waals surface area contributed by atoms with Crippen LogP contribution in [0.5, 0.6) is 5.75 Å². The van der Waals surface area contributed by atoms with Crippen LogP contribution >= 0.6 is 0 Å². The van der Waals surface area contributed by atoms with E-state index in [0.717, 1.165) is 17.2 Å². The molecule has 0 aromatic heterocycles. The number of Topliss-reactive ketones (excluding diaryl/α,β-unsaturated/α-hetero) is 1. The molecule has 3 atom stereocenters. The maximum Gasteiger partial charge on any atom is 0.234 e. The fourth-order valence-electron chi connectivity index (χ4n) is 5.33. The van der Waals surface area contributed by atoms with E-state index in [-0.39, 0.29) is 17.4 Å². The number of ketones is 1. The highest BCUT2D eigenvalue weighted by Gasteiger charge is 2.44. The Morgan fingerprint density at radius 3 is 2.38 bits per heavy atom. The van der Waals surface area contributed by atoms with Gasteiger partial charge in [-0.05, 0) is 54.7 Å². The predicted octanol–water partition coefficient (Wildman–Crippen LogP) is 6.19. The lowest BCUT2D eigenvalue weighted by molar-refractivity contribution is -0.119. The van der Waals surface area contributed by atoms with Crippen molar-refractivity contribution in [2.45, 2.75) is 31.6 Å². The molecule has 1 unspecified atom stereocenters. The molecule has 7 heteroatoms. The number of anilines is 1. The van der Waals surface area contributed by atoms with Gasteiger partial charge in [0.15, 0.2) is 5.78 Å². The molecule has 2 aliphatic rings. The molecule has 3 aromatic carbocycles. The highest BCUT2D eigenvalue weighted by atomic mass is 19.1. The first-order chi connectivity index (χ1) is 17.9. The second-order valence-corrected chi connectivity index (χ2v) is 9.39. The van der Waals surface area contributed by atoms with E-state index in [1.807, 2.05) is 42.5 Å². The minimum atomic E-state index is -0.876. The quantitative estimate of drug-likeness (QED) is 0.454. The average Bonchev–Trinajstić information content (AvgIpc) is 2.90. The van der Waals surface area contributed by atoms with E-state index >= 15 is 0 Å². The summed E-state index contributed by atoms with van der Waals surface area (Å²) in [7, 11) is 1.56. The van der Waals surface area contributed by atoms with Gasteiger partial charge in [0.1, 0.15) is 17.4 Å². The Morgan fingerprint density at radius 1 is 0.973 bits per heavy atom. The van der Waals surface area contributed by atoms with Crippen molar-refractivity contribution >= 4 is 23.1 Å². The zero-order valence-corrected chi connectivity index (χ0v) is 20.5. The summed E-state index contributed by atoms with van der Waals surface area (Å²) in [6, 6.07) is 20.1. The van der Waals surface area contributed by atoms with Crippen molar-refractivity contribution in [3.63, 3.8) is 0 Å². The molecular formula is C30H26F2N2O3. The third kappa shape index (κ3) is 4.81. The molecule has 0 radical (unpaired) electrons. The summed E-state index contributed by atoms with van der Waals surface area (Å²) in [5.41, 5.74) is 3.42. The first kappa shape index (κ1) is 24.6. The lowest BCUT2D eigenvalue weighted by atomic mass is 9.69. The third-order valence-corrected chi connectivity index (χ3v) is 7.11. The SMILES string of the molecule is COc1ccc([C@H]2C3=C(C[C@H](c4ccccc4)CC3=O)N=C(C)C2C(=O)Nc2ccc(F)cc2F)cc1. The normalized spacial score (nSPS) is 21.2. The molecule has 1 N–H and O–H groups in total. The number of carbonyl (C=O) groups excluding carboxylic acids is 2. The lowest BCUT2D eigenvalue weighted by Crippen LogP contribution is -2.39. The summed E-state index contributed by atoms with van der Waals surface area (Å²) in [6.45, 7) is 1.75. The van der Waals surface area contributed by atoms with Crippen molar-refractivity contribution in [2.24, 2.45) is 10.9 Å². The monoisotopic (exact) mass is 500 g/mol. The molecule has 5 nitrogen and oxygen atoms in total. The third-order valence-electron chi connectivity index (χ3n) is 7.11. The van der Waals surface area contributed by atoms with Gasteiger partial charge in [0.2, 0.25) is 5.91 Å². The second kappa shape index (κ2) is 10.1. The minimum absolute atomic E-state index is 0.000736. The smallest absolute Gasteiger partial charge is 0.234 e. The zero-order valence-electron chi connectivity index (χ0n) is 20.5. The van der Waals surface area contributed by atoms with Crippen LogP contribution in [0.3, 0.4) is 0 Å². The van der Waals surface area contributed by atoms with Gasteiger partial charge in [0.05, 0.1) is 18.7 Å². The number of nitrogens with zero attached hydrogens (tertiary/aromatic N) is 1. The van der Waals surface area contributed by atoms with Crippen molar-refractivity contribution in [2.75, 3.05) is 12.4 Å². The minimum Gasteiger partial charge on any atom is -0.497 e. The summed E-state index contributed by atoms with van der Waals surface area (Å²) in [5, 5.41) is 2.58. The lowest BCUT2D eigenvalue weighted by Gasteiger charge is -2.37. The molecule has 1 amide bonds. The summed E-state index contributed by atoms with van der Waals surface area (Å²) < 4.78 is 33.0. The van der Waals surface area contributed by atoms with E-state index in [9.17, 15) is 18.4 Å².